The van der Waals surface area contributed by atoms with Gasteiger partial charge in [0.15, 0.2) is 0 Å². The van der Waals surface area contributed by atoms with E-state index in [0.717, 1.165) is 25.2 Å². The van der Waals surface area contributed by atoms with Crippen LogP contribution in [-0.4, -0.2) is 92.1 Å². The zero-order valence-corrected chi connectivity index (χ0v) is 17.8. The van der Waals surface area contributed by atoms with E-state index in [9.17, 15) is 22.8 Å². The van der Waals surface area contributed by atoms with Crippen LogP contribution in [0.2, 0.25) is 5.02 Å². The maximum absolute atomic E-state index is 13.0. The fraction of sp³-hybridized carbons (Fsp3) is 0.600. The molecule has 2 amide bonds. The van der Waals surface area contributed by atoms with Gasteiger partial charge in [-0.1, -0.05) is 11.6 Å². The van der Waals surface area contributed by atoms with Crippen molar-refractivity contribution in [2.24, 2.45) is 0 Å². The molecule has 2 aliphatic rings. The molecule has 7 nitrogen and oxygen atoms in total. The van der Waals surface area contributed by atoms with Gasteiger partial charge in [-0.2, -0.15) is 13.2 Å². The van der Waals surface area contributed by atoms with Crippen LogP contribution in [0.4, 0.5) is 18.9 Å². The first kappa shape index (κ1) is 23.8. The van der Waals surface area contributed by atoms with Gasteiger partial charge in [0.2, 0.25) is 11.8 Å². The second kappa shape index (κ2) is 10.6. The van der Waals surface area contributed by atoms with Crippen LogP contribution in [-0.2, 0) is 20.5 Å². The Morgan fingerprint density at radius 2 is 1.68 bits per heavy atom. The summed E-state index contributed by atoms with van der Waals surface area (Å²) in [7, 11) is 0. The number of anilines is 1. The number of morpholine rings is 1. The van der Waals surface area contributed by atoms with Crippen LogP contribution >= 0.6 is 11.6 Å². The molecule has 0 aromatic heterocycles. The Balaban J connectivity index is 1.39. The minimum atomic E-state index is -4.59. The summed E-state index contributed by atoms with van der Waals surface area (Å²) in [6.07, 6.45) is -4.13. The molecule has 2 fully saturated rings. The lowest BCUT2D eigenvalue weighted by atomic mass is 10.2. The molecule has 0 atom stereocenters. The average molecular weight is 463 g/mol. The van der Waals surface area contributed by atoms with E-state index in [1.54, 1.807) is 0 Å². The van der Waals surface area contributed by atoms with Crippen molar-refractivity contribution in [2.45, 2.75) is 12.6 Å². The lowest BCUT2D eigenvalue weighted by molar-refractivity contribution is -0.137. The number of amides is 2. The van der Waals surface area contributed by atoms with Crippen molar-refractivity contribution < 1.29 is 27.5 Å². The number of carbonyl (C=O) groups is 2. The predicted octanol–water partition coefficient (Wildman–Crippen LogP) is 2.16. The van der Waals surface area contributed by atoms with Crippen molar-refractivity contribution >= 4 is 29.1 Å². The van der Waals surface area contributed by atoms with Crippen molar-refractivity contribution in [3.8, 4) is 0 Å². The van der Waals surface area contributed by atoms with Crippen molar-refractivity contribution in [2.75, 3.05) is 70.9 Å². The van der Waals surface area contributed by atoms with Crippen LogP contribution in [0.3, 0.4) is 0 Å². The third-order valence-electron chi connectivity index (χ3n) is 5.39. The van der Waals surface area contributed by atoms with E-state index in [1.165, 1.54) is 6.07 Å². The zero-order chi connectivity index (χ0) is 22.4. The van der Waals surface area contributed by atoms with Crippen LogP contribution in [0.25, 0.3) is 0 Å². The number of nitrogens with one attached hydrogen (secondary N) is 1. The Morgan fingerprint density at radius 1 is 1.03 bits per heavy atom. The molecule has 0 spiro atoms. The van der Waals surface area contributed by atoms with Gasteiger partial charge in [-0.25, -0.2) is 0 Å². The number of carbonyl (C=O) groups excluding carboxylic acids is 2. The van der Waals surface area contributed by atoms with Crippen molar-refractivity contribution in [1.29, 1.82) is 0 Å². The Kier molecular flexibility index (Phi) is 8.15. The van der Waals surface area contributed by atoms with Gasteiger partial charge >= 0.3 is 6.18 Å². The standard InChI is InChI=1S/C20H26ClF3N4O3/c21-17-2-1-15(13-16(17)20(22,23)24)25-18(29)14-27-7-5-26(6-8-27)4-3-19(30)28-9-11-31-12-10-28/h1-2,13H,3-12,14H2,(H,25,29). The summed E-state index contributed by atoms with van der Waals surface area (Å²) in [5.74, 6) is -0.252. The molecule has 1 N–H and O–H groups in total. The van der Waals surface area contributed by atoms with Crippen LogP contribution in [0.1, 0.15) is 12.0 Å². The molecule has 1 aromatic carbocycles. The third kappa shape index (κ3) is 7.06. The van der Waals surface area contributed by atoms with Gasteiger partial charge in [-0.3, -0.25) is 14.5 Å². The van der Waals surface area contributed by atoms with Gasteiger partial charge in [0.1, 0.15) is 0 Å². The van der Waals surface area contributed by atoms with Gasteiger partial charge in [-0.15, -0.1) is 0 Å². The number of alkyl halides is 3. The van der Waals surface area contributed by atoms with E-state index in [4.69, 9.17) is 16.3 Å². The molecule has 1 aromatic rings. The van der Waals surface area contributed by atoms with Gasteiger partial charge in [0.05, 0.1) is 30.3 Å². The van der Waals surface area contributed by atoms with Crippen LogP contribution < -0.4 is 5.32 Å². The molecule has 0 unspecified atom stereocenters. The summed E-state index contributed by atoms with van der Waals surface area (Å²) in [4.78, 5) is 30.4. The average Bonchev–Trinajstić information content (AvgIpc) is 2.74. The molecule has 0 bridgehead atoms. The molecule has 0 saturated carbocycles. The van der Waals surface area contributed by atoms with E-state index >= 15 is 0 Å². The van der Waals surface area contributed by atoms with Gasteiger partial charge < -0.3 is 19.9 Å². The number of benzene rings is 1. The molecule has 172 valence electrons. The highest BCUT2D eigenvalue weighted by Gasteiger charge is 2.33. The van der Waals surface area contributed by atoms with Gasteiger partial charge in [-0.05, 0) is 18.2 Å². The SMILES string of the molecule is O=C(CN1CCN(CCC(=O)N2CCOCC2)CC1)Nc1ccc(Cl)c(C(F)(F)F)c1. The predicted molar refractivity (Wildman–Crippen MR) is 110 cm³/mol. The molecule has 31 heavy (non-hydrogen) atoms. The molecule has 2 saturated heterocycles. The van der Waals surface area contributed by atoms with Crippen molar-refractivity contribution in [3.05, 3.63) is 28.8 Å². The highest BCUT2D eigenvalue weighted by molar-refractivity contribution is 6.31. The smallest absolute Gasteiger partial charge is 0.378 e. The largest absolute Gasteiger partial charge is 0.417 e. The summed E-state index contributed by atoms with van der Waals surface area (Å²) in [5.41, 5.74) is -0.922. The number of ether oxygens (including phenoxy) is 1. The molecule has 3 rings (SSSR count). The number of nitrogens with zero attached hydrogens (tertiary/aromatic N) is 3. The van der Waals surface area contributed by atoms with Gasteiger partial charge in [0, 0.05) is 57.9 Å². The van der Waals surface area contributed by atoms with E-state index in [2.05, 4.69) is 10.2 Å². The number of rotatable bonds is 6. The number of halogens is 4. The Bertz CT molecular complexity index is 779. The molecular weight excluding hydrogens is 437 g/mol. The monoisotopic (exact) mass is 462 g/mol. The summed E-state index contributed by atoms with van der Waals surface area (Å²) < 4.78 is 44.1. The fourth-order valence-electron chi connectivity index (χ4n) is 3.62. The van der Waals surface area contributed by atoms with E-state index in [-0.39, 0.29) is 24.0 Å². The van der Waals surface area contributed by atoms with Crippen LogP contribution in [0, 0.1) is 0 Å². The lowest BCUT2D eigenvalue weighted by Gasteiger charge is -2.34. The quantitative estimate of drug-likeness (QED) is 0.702. The van der Waals surface area contributed by atoms with Crippen molar-refractivity contribution in [1.82, 2.24) is 14.7 Å². The lowest BCUT2D eigenvalue weighted by Crippen LogP contribution is -2.49. The van der Waals surface area contributed by atoms with Crippen LogP contribution in [0.15, 0.2) is 18.2 Å². The van der Waals surface area contributed by atoms with E-state index < -0.39 is 16.8 Å². The summed E-state index contributed by atoms with van der Waals surface area (Å²) >= 11 is 5.60. The number of hydrogen-bond acceptors (Lipinski definition) is 5. The molecule has 2 aliphatic heterocycles. The number of piperazine rings is 1. The Labute approximate surface area is 184 Å². The fourth-order valence-corrected chi connectivity index (χ4v) is 3.84. The first-order chi connectivity index (χ1) is 14.7. The normalized spacial score (nSPS) is 18.8. The third-order valence-corrected chi connectivity index (χ3v) is 5.72. The molecule has 2 heterocycles. The first-order valence-electron chi connectivity index (χ1n) is 10.2. The molecule has 0 radical (unpaired) electrons. The maximum Gasteiger partial charge on any atom is 0.417 e. The van der Waals surface area contributed by atoms with Gasteiger partial charge in [0.25, 0.3) is 0 Å². The van der Waals surface area contributed by atoms with Crippen LogP contribution in [0.5, 0.6) is 0 Å². The Hall–Kier alpha value is -1.88. The second-order valence-electron chi connectivity index (χ2n) is 7.60. The molecular formula is C20H26ClF3N4O3. The van der Waals surface area contributed by atoms with Crippen molar-refractivity contribution in [3.63, 3.8) is 0 Å². The zero-order valence-electron chi connectivity index (χ0n) is 17.1. The first-order valence-corrected chi connectivity index (χ1v) is 10.6. The topological polar surface area (TPSA) is 65.1 Å². The second-order valence-corrected chi connectivity index (χ2v) is 8.01. The summed E-state index contributed by atoms with van der Waals surface area (Å²) in [6.45, 7) is 5.94. The van der Waals surface area contributed by atoms with E-state index in [0.29, 0.717) is 52.4 Å². The molecule has 11 heteroatoms. The summed E-state index contributed by atoms with van der Waals surface area (Å²) in [6, 6.07) is 3.31. The maximum atomic E-state index is 13.0. The highest BCUT2D eigenvalue weighted by atomic mass is 35.5. The molecule has 0 aliphatic carbocycles. The highest BCUT2D eigenvalue weighted by Crippen LogP contribution is 2.36. The van der Waals surface area contributed by atoms with E-state index in [1.807, 2.05) is 9.80 Å². The minimum absolute atomic E-state index is 0.0574. The summed E-state index contributed by atoms with van der Waals surface area (Å²) in [5, 5.41) is 2.09. The number of hydrogen-bond donors (Lipinski definition) is 1. The minimum Gasteiger partial charge on any atom is -0.378 e. The Morgan fingerprint density at radius 3 is 2.32 bits per heavy atom.